The van der Waals surface area contributed by atoms with E-state index in [2.05, 4.69) is 16.4 Å². The molecule has 2 aromatic carbocycles. The molecule has 0 amide bonds. The zero-order valence-electron chi connectivity index (χ0n) is 11.2. The number of anilines is 2. The van der Waals surface area contributed by atoms with E-state index in [9.17, 15) is 0 Å². The van der Waals surface area contributed by atoms with Gasteiger partial charge in [-0.15, -0.1) is 11.3 Å². The minimum atomic E-state index is 0.568. The van der Waals surface area contributed by atoms with Crippen LogP contribution in [-0.2, 0) is 0 Å². The van der Waals surface area contributed by atoms with Crippen molar-refractivity contribution in [2.45, 2.75) is 0 Å². The highest BCUT2D eigenvalue weighted by Crippen LogP contribution is 2.29. The molecule has 0 atom stereocenters. The predicted octanol–water partition coefficient (Wildman–Crippen LogP) is 5.73. The summed E-state index contributed by atoms with van der Waals surface area (Å²) in [4.78, 5) is 4.53. The monoisotopic (exact) mass is 345 g/mol. The van der Waals surface area contributed by atoms with Crippen LogP contribution in [0.15, 0.2) is 47.8 Å². The summed E-state index contributed by atoms with van der Waals surface area (Å²) in [6, 6.07) is 14.7. The van der Waals surface area contributed by atoms with Crippen molar-refractivity contribution < 1.29 is 0 Å². The lowest BCUT2D eigenvalue weighted by Crippen LogP contribution is -1.89. The molecule has 0 bridgehead atoms. The van der Waals surface area contributed by atoms with Gasteiger partial charge in [0.15, 0.2) is 5.13 Å². The van der Waals surface area contributed by atoms with E-state index in [-0.39, 0.29) is 0 Å². The molecule has 3 nitrogen and oxygen atoms in total. The summed E-state index contributed by atoms with van der Waals surface area (Å²) >= 11 is 13.4. The molecule has 22 heavy (non-hydrogen) atoms. The Bertz CT molecular complexity index is 830. The van der Waals surface area contributed by atoms with E-state index in [0.717, 1.165) is 22.1 Å². The van der Waals surface area contributed by atoms with Crippen molar-refractivity contribution in [1.29, 1.82) is 5.26 Å². The Morgan fingerprint density at radius 2 is 1.73 bits per heavy atom. The van der Waals surface area contributed by atoms with Crippen LogP contribution in [0, 0.1) is 11.3 Å². The number of aromatic nitrogens is 1. The summed E-state index contributed by atoms with van der Waals surface area (Å²) in [6.07, 6.45) is 0. The molecule has 3 aromatic rings. The molecule has 0 aliphatic heterocycles. The van der Waals surface area contributed by atoms with Crippen molar-refractivity contribution in [3.05, 3.63) is 63.5 Å². The van der Waals surface area contributed by atoms with E-state index in [4.69, 9.17) is 28.5 Å². The molecular formula is C16H9Cl2N3S. The molecule has 0 saturated carbocycles. The maximum Gasteiger partial charge on any atom is 0.187 e. The molecule has 1 heterocycles. The highest BCUT2D eigenvalue weighted by molar-refractivity contribution is 7.14. The second-order valence-corrected chi connectivity index (χ2v) is 6.24. The normalized spacial score (nSPS) is 10.2. The summed E-state index contributed by atoms with van der Waals surface area (Å²) in [5.74, 6) is 0. The summed E-state index contributed by atoms with van der Waals surface area (Å²) in [5, 5.41) is 15.8. The average Bonchev–Trinajstić information content (AvgIpc) is 2.95. The van der Waals surface area contributed by atoms with E-state index in [1.54, 1.807) is 30.3 Å². The topological polar surface area (TPSA) is 48.7 Å². The Balaban J connectivity index is 1.82. The highest BCUT2D eigenvalue weighted by atomic mass is 35.5. The largest absolute Gasteiger partial charge is 0.331 e. The fourth-order valence-electron chi connectivity index (χ4n) is 1.93. The third-order valence-corrected chi connectivity index (χ3v) is 4.12. The van der Waals surface area contributed by atoms with Gasteiger partial charge in [0.1, 0.15) is 0 Å². The lowest BCUT2D eigenvalue weighted by Gasteiger charge is -2.03. The molecule has 6 heteroatoms. The number of thiazole rings is 1. The summed E-state index contributed by atoms with van der Waals surface area (Å²) in [6.45, 7) is 0. The maximum atomic E-state index is 8.82. The zero-order chi connectivity index (χ0) is 15.5. The third-order valence-electron chi connectivity index (χ3n) is 2.93. The first-order chi connectivity index (χ1) is 10.6. The van der Waals surface area contributed by atoms with Gasteiger partial charge < -0.3 is 5.32 Å². The van der Waals surface area contributed by atoms with Crippen molar-refractivity contribution in [2.75, 3.05) is 5.32 Å². The predicted molar refractivity (Wildman–Crippen MR) is 92.0 cm³/mol. The number of hydrogen-bond acceptors (Lipinski definition) is 4. The van der Waals surface area contributed by atoms with Gasteiger partial charge in [-0.25, -0.2) is 4.98 Å². The van der Waals surface area contributed by atoms with Gasteiger partial charge in [-0.3, -0.25) is 0 Å². The van der Waals surface area contributed by atoms with Crippen molar-refractivity contribution >= 4 is 45.4 Å². The van der Waals surface area contributed by atoms with Crippen molar-refractivity contribution in [2.24, 2.45) is 0 Å². The van der Waals surface area contributed by atoms with Crippen molar-refractivity contribution in [3.63, 3.8) is 0 Å². The first-order valence-corrected chi connectivity index (χ1v) is 7.97. The van der Waals surface area contributed by atoms with Crippen LogP contribution in [0.5, 0.6) is 0 Å². The van der Waals surface area contributed by atoms with E-state index in [1.807, 2.05) is 17.5 Å². The molecule has 0 fully saturated rings. The van der Waals surface area contributed by atoms with Gasteiger partial charge in [0, 0.05) is 26.7 Å². The molecular weight excluding hydrogens is 337 g/mol. The van der Waals surface area contributed by atoms with E-state index >= 15 is 0 Å². The number of halogens is 2. The second kappa shape index (κ2) is 6.37. The Hall–Kier alpha value is -2.06. The van der Waals surface area contributed by atoms with Crippen LogP contribution in [0.3, 0.4) is 0 Å². The van der Waals surface area contributed by atoms with E-state index < -0.39 is 0 Å². The fraction of sp³-hybridized carbons (Fsp3) is 0. The van der Waals surface area contributed by atoms with Crippen molar-refractivity contribution in [1.82, 2.24) is 4.98 Å². The van der Waals surface area contributed by atoms with Gasteiger partial charge >= 0.3 is 0 Å². The van der Waals surface area contributed by atoms with Crippen LogP contribution >= 0.6 is 34.5 Å². The number of nitriles is 1. The van der Waals surface area contributed by atoms with Gasteiger partial charge in [-0.05, 0) is 30.3 Å². The molecule has 0 radical (unpaired) electrons. The Morgan fingerprint density at radius 1 is 1.05 bits per heavy atom. The molecule has 0 aliphatic carbocycles. The summed E-state index contributed by atoms with van der Waals surface area (Å²) in [5.41, 5.74) is 3.24. The standard InChI is InChI=1S/C16H9Cl2N3S/c17-12-5-13(18)7-14(6-12)20-16-21-15(9-22-16)11-3-1-10(8-19)2-4-11/h1-7,9H,(H,20,21). The molecule has 0 saturated heterocycles. The quantitative estimate of drug-likeness (QED) is 0.659. The average molecular weight is 346 g/mol. The molecule has 3 rings (SSSR count). The number of nitrogens with one attached hydrogen (secondary N) is 1. The van der Waals surface area contributed by atoms with Gasteiger partial charge in [0.2, 0.25) is 0 Å². The van der Waals surface area contributed by atoms with Gasteiger partial charge in [0.25, 0.3) is 0 Å². The number of benzene rings is 2. The molecule has 0 unspecified atom stereocenters. The van der Waals surface area contributed by atoms with Crippen molar-refractivity contribution in [3.8, 4) is 17.3 Å². The fourth-order valence-corrected chi connectivity index (χ4v) is 3.19. The molecule has 1 aromatic heterocycles. The van der Waals surface area contributed by atoms with E-state index in [0.29, 0.717) is 15.6 Å². The second-order valence-electron chi connectivity index (χ2n) is 4.51. The minimum absolute atomic E-state index is 0.568. The smallest absolute Gasteiger partial charge is 0.187 e. The van der Waals surface area contributed by atoms with Crippen LogP contribution in [0.1, 0.15) is 5.56 Å². The molecule has 108 valence electrons. The Morgan fingerprint density at radius 3 is 2.36 bits per heavy atom. The van der Waals surface area contributed by atoms with Gasteiger partial charge in [-0.1, -0.05) is 35.3 Å². The van der Waals surface area contributed by atoms with Crippen LogP contribution in [0.25, 0.3) is 11.3 Å². The lowest BCUT2D eigenvalue weighted by molar-refractivity contribution is 1.38. The molecule has 0 aliphatic rings. The SMILES string of the molecule is N#Cc1ccc(-c2csc(Nc3cc(Cl)cc(Cl)c3)n2)cc1. The van der Waals surface area contributed by atoms with Crippen LogP contribution < -0.4 is 5.32 Å². The number of hydrogen-bond donors (Lipinski definition) is 1. The molecule has 1 N–H and O–H groups in total. The molecule has 0 spiro atoms. The first kappa shape index (κ1) is 14.9. The Labute approximate surface area is 141 Å². The van der Waals surface area contributed by atoms with Crippen LogP contribution in [0.2, 0.25) is 10.0 Å². The van der Waals surface area contributed by atoms with Gasteiger partial charge in [0.05, 0.1) is 17.3 Å². The van der Waals surface area contributed by atoms with Crippen LogP contribution in [0.4, 0.5) is 10.8 Å². The van der Waals surface area contributed by atoms with Crippen LogP contribution in [-0.4, -0.2) is 4.98 Å². The highest BCUT2D eigenvalue weighted by Gasteiger charge is 2.06. The minimum Gasteiger partial charge on any atom is -0.331 e. The maximum absolute atomic E-state index is 8.82. The summed E-state index contributed by atoms with van der Waals surface area (Å²) < 4.78 is 0. The lowest BCUT2D eigenvalue weighted by atomic mass is 10.1. The van der Waals surface area contributed by atoms with Gasteiger partial charge in [-0.2, -0.15) is 5.26 Å². The first-order valence-electron chi connectivity index (χ1n) is 6.33. The third kappa shape index (κ3) is 3.40. The zero-order valence-corrected chi connectivity index (χ0v) is 13.5. The number of rotatable bonds is 3. The van der Waals surface area contributed by atoms with E-state index in [1.165, 1.54) is 11.3 Å². The Kier molecular flexibility index (Phi) is 4.30. The summed E-state index contributed by atoms with van der Waals surface area (Å²) in [7, 11) is 0. The number of nitrogens with zero attached hydrogens (tertiary/aromatic N) is 2.